The highest BCUT2D eigenvalue weighted by Crippen LogP contribution is 2.19. The summed E-state index contributed by atoms with van der Waals surface area (Å²) in [5, 5.41) is 0. The largest absolute Gasteiger partial charge is 0.520 e. The van der Waals surface area contributed by atoms with E-state index in [2.05, 4.69) is 20.4 Å². The van der Waals surface area contributed by atoms with E-state index < -0.39 is 16.9 Å². The van der Waals surface area contributed by atoms with Gasteiger partial charge in [0.1, 0.15) is 0 Å². The van der Waals surface area contributed by atoms with Crippen LogP contribution in [0.2, 0.25) is 32.2 Å². The van der Waals surface area contributed by atoms with Gasteiger partial charge in [-0.05, 0) is 51.5 Å². The first-order valence-electron chi connectivity index (χ1n) is 7.72. The van der Waals surface area contributed by atoms with Crippen LogP contribution < -0.4 is 0 Å². The summed E-state index contributed by atoms with van der Waals surface area (Å²) < 4.78 is 17.3. The van der Waals surface area contributed by atoms with Crippen LogP contribution in [0.25, 0.3) is 0 Å². The molecule has 0 spiro atoms. The van der Waals surface area contributed by atoms with Crippen LogP contribution in [0.4, 0.5) is 0 Å². The molecule has 6 heteroatoms. The fraction of sp³-hybridized carbons (Fsp3) is 0.929. The molecule has 0 N–H and O–H groups in total. The van der Waals surface area contributed by atoms with Crippen molar-refractivity contribution in [3.8, 4) is 0 Å². The molecule has 0 saturated heterocycles. The summed E-state index contributed by atoms with van der Waals surface area (Å²) in [5.41, 5.74) is 0. The summed E-state index contributed by atoms with van der Waals surface area (Å²) in [5.74, 6) is -0.0773. The molecule has 0 aromatic heterocycles. The SMILES string of the molecule is CCCO[Si](C)(CCCC(=O)O[Si](C)(C)C)OCCC. The van der Waals surface area contributed by atoms with Crippen LogP contribution in [0.3, 0.4) is 0 Å². The van der Waals surface area contributed by atoms with Crippen molar-refractivity contribution in [3.05, 3.63) is 0 Å². The Labute approximate surface area is 126 Å². The van der Waals surface area contributed by atoms with Gasteiger partial charge in [-0.2, -0.15) is 0 Å². The van der Waals surface area contributed by atoms with Gasteiger partial charge >= 0.3 is 8.56 Å². The van der Waals surface area contributed by atoms with Crippen molar-refractivity contribution in [1.82, 2.24) is 0 Å². The molecular weight excluding hydrogens is 288 g/mol. The van der Waals surface area contributed by atoms with E-state index in [0.29, 0.717) is 6.42 Å². The average molecular weight is 321 g/mol. The third-order valence-corrected chi connectivity index (χ3v) is 6.39. The van der Waals surface area contributed by atoms with Crippen molar-refractivity contribution < 1.29 is 18.1 Å². The molecule has 20 heavy (non-hydrogen) atoms. The molecule has 0 saturated carbocycles. The van der Waals surface area contributed by atoms with Crippen LogP contribution in [-0.2, 0) is 18.1 Å². The zero-order valence-electron chi connectivity index (χ0n) is 14.1. The van der Waals surface area contributed by atoms with Gasteiger partial charge < -0.3 is 13.3 Å². The highest BCUT2D eigenvalue weighted by atomic mass is 28.4. The first-order valence-corrected chi connectivity index (χ1v) is 13.7. The van der Waals surface area contributed by atoms with E-state index in [0.717, 1.165) is 38.5 Å². The number of hydrogen-bond donors (Lipinski definition) is 0. The van der Waals surface area contributed by atoms with Crippen LogP contribution in [0.15, 0.2) is 0 Å². The Hall–Kier alpha value is -0.176. The molecule has 0 aromatic rings. The quantitative estimate of drug-likeness (QED) is 0.538. The number of carbonyl (C=O) groups excluding carboxylic acids is 1. The van der Waals surface area contributed by atoms with Crippen molar-refractivity contribution in [2.75, 3.05) is 13.2 Å². The van der Waals surface area contributed by atoms with Crippen molar-refractivity contribution in [3.63, 3.8) is 0 Å². The van der Waals surface area contributed by atoms with Crippen molar-refractivity contribution in [1.29, 1.82) is 0 Å². The summed E-state index contributed by atoms with van der Waals surface area (Å²) in [4.78, 5) is 11.7. The van der Waals surface area contributed by atoms with Crippen molar-refractivity contribution in [2.45, 2.75) is 71.8 Å². The van der Waals surface area contributed by atoms with Gasteiger partial charge in [-0.25, -0.2) is 0 Å². The number of rotatable bonds is 11. The Bertz CT molecular complexity index is 269. The lowest BCUT2D eigenvalue weighted by molar-refractivity contribution is -0.135. The second-order valence-corrected chi connectivity index (χ2v) is 14.0. The van der Waals surface area contributed by atoms with E-state index in [1.54, 1.807) is 0 Å². The van der Waals surface area contributed by atoms with Gasteiger partial charge in [0.2, 0.25) is 8.32 Å². The fourth-order valence-electron chi connectivity index (χ4n) is 1.77. The smallest absolute Gasteiger partial charge is 0.334 e. The molecule has 0 heterocycles. The molecule has 0 rings (SSSR count). The lowest BCUT2D eigenvalue weighted by Crippen LogP contribution is -2.39. The highest BCUT2D eigenvalue weighted by molar-refractivity contribution is 6.71. The third-order valence-electron chi connectivity index (χ3n) is 2.65. The van der Waals surface area contributed by atoms with Gasteiger partial charge in [0.15, 0.2) is 0 Å². The molecule has 120 valence electrons. The van der Waals surface area contributed by atoms with Crippen molar-refractivity contribution >= 4 is 22.8 Å². The molecule has 0 amide bonds. The van der Waals surface area contributed by atoms with Crippen LogP contribution in [-0.4, -0.2) is 36.1 Å². The molecule has 0 radical (unpaired) electrons. The zero-order valence-corrected chi connectivity index (χ0v) is 16.1. The minimum absolute atomic E-state index is 0.0773. The topological polar surface area (TPSA) is 44.8 Å². The predicted molar refractivity (Wildman–Crippen MR) is 87.6 cm³/mol. The lowest BCUT2D eigenvalue weighted by atomic mass is 10.3. The van der Waals surface area contributed by atoms with Crippen LogP contribution in [0.1, 0.15) is 39.5 Å². The van der Waals surface area contributed by atoms with E-state index in [4.69, 9.17) is 13.3 Å². The summed E-state index contributed by atoms with van der Waals surface area (Å²) in [6.07, 6.45) is 3.25. The first kappa shape index (κ1) is 19.8. The van der Waals surface area contributed by atoms with Crippen LogP contribution in [0.5, 0.6) is 0 Å². The van der Waals surface area contributed by atoms with Gasteiger partial charge in [-0.15, -0.1) is 0 Å². The molecule has 0 aliphatic rings. The Kier molecular flexibility index (Phi) is 9.62. The molecule has 4 nitrogen and oxygen atoms in total. The van der Waals surface area contributed by atoms with Gasteiger partial charge in [-0.3, -0.25) is 4.79 Å². The fourth-order valence-corrected chi connectivity index (χ4v) is 5.02. The van der Waals surface area contributed by atoms with Crippen molar-refractivity contribution in [2.24, 2.45) is 0 Å². The maximum absolute atomic E-state index is 11.7. The van der Waals surface area contributed by atoms with Gasteiger partial charge in [0, 0.05) is 19.6 Å². The predicted octanol–water partition coefficient (Wildman–Crippen LogP) is 4.07. The Morgan fingerprint density at radius 3 is 1.85 bits per heavy atom. The number of hydrogen-bond acceptors (Lipinski definition) is 4. The molecule has 0 fully saturated rings. The minimum Gasteiger partial charge on any atom is -0.520 e. The summed E-state index contributed by atoms with van der Waals surface area (Å²) in [7, 11) is -3.87. The third kappa shape index (κ3) is 10.6. The molecule has 0 bridgehead atoms. The summed E-state index contributed by atoms with van der Waals surface area (Å²) in [6.45, 7) is 13.9. The van der Waals surface area contributed by atoms with E-state index >= 15 is 0 Å². The molecular formula is C14H32O4Si2. The summed E-state index contributed by atoms with van der Waals surface area (Å²) in [6, 6.07) is 0.855. The van der Waals surface area contributed by atoms with E-state index in [-0.39, 0.29) is 5.97 Å². The Morgan fingerprint density at radius 2 is 1.45 bits per heavy atom. The highest BCUT2D eigenvalue weighted by Gasteiger charge is 2.31. The zero-order chi connectivity index (χ0) is 15.6. The van der Waals surface area contributed by atoms with Gasteiger partial charge in [0.25, 0.3) is 5.97 Å². The lowest BCUT2D eigenvalue weighted by Gasteiger charge is -2.27. The van der Waals surface area contributed by atoms with Gasteiger partial charge in [-0.1, -0.05) is 13.8 Å². The number of carbonyl (C=O) groups is 1. The van der Waals surface area contributed by atoms with Crippen LogP contribution >= 0.6 is 0 Å². The van der Waals surface area contributed by atoms with E-state index in [9.17, 15) is 4.79 Å². The molecule has 0 unspecified atom stereocenters. The molecule has 0 aliphatic carbocycles. The normalized spacial score (nSPS) is 12.5. The molecule has 0 aromatic carbocycles. The second-order valence-electron chi connectivity index (χ2n) is 6.27. The maximum atomic E-state index is 11.7. The second kappa shape index (κ2) is 9.70. The van der Waals surface area contributed by atoms with Crippen LogP contribution in [0, 0.1) is 0 Å². The molecule has 0 aliphatic heterocycles. The Morgan fingerprint density at radius 1 is 0.950 bits per heavy atom. The monoisotopic (exact) mass is 320 g/mol. The standard InChI is InChI=1S/C14H32O4Si2/c1-7-11-16-20(6,17-12-8-2)13-9-10-14(15)18-19(3,4)5/h7-13H2,1-6H3. The minimum atomic E-state index is -2.11. The maximum Gasteiger partial charge on any atom is 0.334 e. The Balaban J connectivity index is 4.15. The molecule has 0 atom stereocenters. The van der Waals surface area contributed by atoms with E-state index in [1.807, 2.05) is 19.6 Å². The summed E-state index contributed by atoms with van der Waals surface area (Å²) >= 11 is 0. The van der Waals surface area contributed by atoms with E-state index in [1.165, 1.54) is 0 Å². The average Bonchev–Trinajstić information content (AvgIpc) is 2.32. The van der Waals surface area contributed by atoms with Gasteiger partial charge in [0.05, 0.1) is 0 Å². The first-order chi connectivity index (χ1) is 9.22.